The van der Waals surface area contributed by atoms with Gasteiger partial charge in [-0.15, -0.1) is 24.0 Å². The summed E-state index contributed by atoms with van der Waals surface area (Å²) in [6.45, 7) is 7.78. The molecule has 160 valence electrons. The molecule has 28 heavy (non-hydrogen) atoms. The van der Waals surface area contributed by atoms with E-state index in [0.29, 0.717) is 12.3 Å². The number of nitrogens with one attached hydrogen (secondary N) is 3. The molecule has 2 heterocycles. The molecule has 0 aromatic carbocycles. The van der Waals surface area contributed by atoms with Crippen LogP contribution < -0.4 is 16.0 Å². The van der Waals surface area contributed by atoms with Crippen molar-refractivity contribution < 1.29 is 9.21 Å². The summed E-state index contributed by atoms with van der Waals surface area (Å²) < 4.78 is 5.18. The topological polar surface area (TPSA) is 81.9 Å². The van der Waals surface area contributed by atoms with E-state index in [9.17, 15) is 4.79 Å². The second kappa shape index (κ2) is 14.7. The molecule has 0 radical (unpaired) electrons. The lowest BCUT2D eigenvalue weighted by Gasteiger charge is -2.20. The lowest BCUT2D eigenvalue weighted by Crippen LogP contribution is -2.40. The largest absolute Gasteiger partial charge is 0.459 e. The number of carbonyl (C=O) groups excluding carboxylic acids is 1. The Balaban J connectivity index is 0.00000392. The molecule has 1 amide bonds. The lowest BCUT2D eigenvalue weighted by molar-refractivity contribution is 0.0925. The fourth-order valence-corrected chi connectivity index (χ4v) is 3.27. The maximum absolute atomic E-state index is 11.9. The molecule has 7 nitrogen and oxygen atoms in total. The van der Waals surface area contributed by atoms with Crippen LogP contribution in [0.3, 0.4) is 0 Å². The van der Waals surface area contributed by atoms with Crippen LogP contribution in [0.25, 0.3) is 0 Å². The van der Waals surface area contributed by atoms with Crippen LogP contribution in [0.2, 0.25) is 0 Å². The van der Waals surface area contributed by atoms with Crippen LogP contribution in [-0.2, 0) is 0 Å². The number of aliphatic imine (C=N–C) groups is 1. The Morgan fingerprint density at radius 3 is 2.32 bits per heavy atom. The van der Waals surface area contributed by atoms with Crippen LogP contribution in [0.1, 0.15) is 54.6 Å². The Bertz CT molecular complexity index is 583. The van der Waals surface area contributed by atoms with Gasteiger partial charge in [0, 0.05) is 32.2 Å². The maximum Gasteiger partial charge on any atom is 0.287 e. The van der Waals surface area contributed by atoms with Crippen molar-refractivity contribution in [1.29, 1.82) is 0 Å². The second-order valence-electron chi connectivity index (χ2n) is 7.08. The number of likely N-dealkylation sites (tertiary alicyclic amines) is 1. The highest BCUT2D eigenvalue weighted by Crippen LogP contribution is 2.09. The standard InChI is InChI=1S/C20H35N5O2.HI/c1-17-9-16-27-18(17)19(26)22-10-7-11-23-20(21-2)24-12-8-15-25-13-5-3-4-6-14-25;/h9,16H,3-8,10-15H2,1-2H3,(H,22,26)(H2,21,23,24);1H. The second-order valence-corrected chi connectivity index (χ2v) is 7.08. The molecule has 0 atom stereocenters. The Kier molecular flexibility index (Phi) is 13.0. The van der Waals surface area contributed by atoms with Crippen LogP contribution >= 0.6 is 24.0 Å². The molecule has 0 spiro atoms. The van der Waals surface area contributed by atoms with Gasteiger partial charge in [0.2, 0.25) is 0 Å². The molecule has 1 aromatic rings. The minimum atomic E-state index is -0.159. The van der Waals surface area contributed by atoms with Crippen molar-refractivity contribution >= 4 is 35.8 Å². The number of halogens is 1. The number of guanidine groups is 1. The van der Waals surface area contributed by atoms with E-state index >= 15 is 0 Å². The highest BCUT2D eigenvalue weighted by Gasteiger charge is 2.11. The number of hydrogen-bond acceptors (Lipinski definition) is 4. The maximum atomic E-state index is 11.9. The van der Waals surface area contributed by atoms with Crippen LogP contribution in [-0.4, -0.2) is 63.1 Å². The van der Waals surface area contributed by atoms with Crippen molar-refractivity contribution in [1.82, 2.24) is 20.9 Å². The van der Waals surface area contributed by atoms with Gasteiger partial charge in [0.15, 0.2) is 11.7 Å². The van der Waals surface area contributed by atoms with E-state index in [1.54, 1.807) is 13.1 Å². The third-order valence-corrected chi connectivity index (χ3v) is 4.87. The first-order valence-electron chi connectivity index (χ1n) is 10.2. The van der Waals surface area contributed by atoms with Gasteiger partial charge in [-0.25, -0.2) is 0 Å². The lowest BCUT2D eigenvalue weighted by atomic mass is 10.2. The average Bonchev–Trinajstić information content (AvgIpc) is 2.94. The Morgan fingerprint density at radius 1 is 1.07 bits per heavy atom. The van der Waals surface area contributed by atoms with Crippen molar-refractivity contribution in [2.45, 2.75) is 45.4 Å². The number of nitrogens with zero attached hydrogens (tertiary/aromatic N) is 2. The van der Waals surface area contributed by atoms with Gasteiger partial charge in [-0.3, -0.25) is 9.79 Å². The first-order chi connectivity index (χ1) is 13.2. The summed E-state index contributed by atoms with van der Waals surface area (Å²) in [6, 6.07) is 1.79. The molecular formula is C20H36IN5O2. The molecule has 1 saturated heterocycles. The number of furan rings is 1. The van der Waals surface area contributed by atoms with E-state index in [1.807, 2.05) is 6.92 Å². The zero-order chi connectivity index (χ0) is 19.3. The molecular weight excluding hydrogens is 469 g/mol. The highest BCUT2D eigenvalue weighted by molar-refractivity contribution is 14.0. The van der Waals surface area contributed by atoms with Crippen molar-refractivity contribution in [3.05, 3.63) is 23.7 Å². The van der Waals surface area contributed by atoms with Gasteiger partial charge < -0.3 is 25.3 Å². The van der Waals surface area contributed by atoms with E-state index in [0.717, 1.165) is 44.0 Å². The average molecular weight is 505 g/mol. The summed E-state index contributed by atoms with van der Waals surface area (Å²) in [6.07, 6.45) is 8.92. The molecule has 1 fully saturated rings. The van der Waals surface area contributed by atoms with Crippen LogP contribution in [0.15, 0.2) is 21.7 Å². The first kappa shape index (κ1) is 24.7. The zero-order valence-electron chi connectivity index (χ0n) is 17.3. The SMILES string of the molecule is CN=C(NCCCNC(=O)c1occc1C)NCCCN1CCCCCC1.I. The number of aryl methyl sites for hydroxylation is 1. The van der Waals surface area contributed by atoms with Crippen LogP contribution in [0.5, 0.6) is 0 Å². The third-order valence-electron chi connectivity index (χ3n) is 4.87. The Hall–Kier alpha value is -1.29. The normalized spacial score (nSPS) is 15.4. The van der Waals surface area contributed by atoms with Gasteiger partial charge in [0.1, 0.15) is 0 Å². The fourth-order valence-electron chi connectivity index (χ4n) is 3.27. The summed E-state index contributed by atoms with van der Waals surface area (Å²) in [4.78, 5) is 18.8. The minimum absolute atomic E-state index is 0. The van der Waals surface area contributed by atoms with Gasteiger partial charge in [-0.2, -0.15) is 0 Å². The first-order valence-corrected chi connectivity index (χ1v) is 10.2. The van der Waals surface area contributed by atoms with E-state index in [-0.39, 0.29) is 29.9 Å². The number of rotatable bonds is 9. The van der Waals surface area contributed by atoms with Gasteiger partial charge >= 0.3 is 0 Å². The third kappa shape index (κ3) is 9.27. The molecule has 0 bridgehead atoms. The molecule has 3 N–H and O–H groups in total. The van der Waals surface area contributed by atoms with E-state index in [2.05, 4.69) is 25.8 Å². The number of hydrogen-bond donors (Lipinski definition) is 3. The summed E-state index contributed by atoms with van der Waals surface area (Å²) in [5.74, 6) is 1.05. The Labute approximate surface area is 186 Å². The van der Waals surface area contributed by atoms with Gasteiger partial charge in [0.25, 0.3) is 5.91 Å². The van der Waals surface area contributed by atoms with Crippen molar-refractivity contribution in [2.24, 2.45) is 4.99 Å². The minimum Gasteiger partial charge on any atom is -0.459 e. The molecule has 0 saturated carbocycles. The predicted octanol–water partition coefficient (Wildman–Crippen LogP) is 2.76. The highest BCUT2D eigenvalue weighted by atomic mass is 127. The molecule has 8 heteroatoms. The smallest absolute Gasteiger partial charge is 0.287 e. The molecule has 1 aliphatic rings. The van der Waals surface area contributed by atoms with Gasteiger partial charge in [-0.1, -0.05) is 12.8 Å². The van der Waals surface area contributed by atoms with Crippen LogP contribution in [0, 0.1) is 6.92 Å². The van der Waals surface area contributed by atoms with Gasteiger partial charge in [-0.05, 0) is 58.3 Å². The predicted molar refractivity (Wildman–Crippen MR) is 125 cm³/mol. The molecule has 0 unspecified atom stereocenters. The van der Waals surface area contributed by atoms with Crippen LogP contribution in [0.4, 0.5) is 0 Å². The zero-order valence-corrected chi connectivity index (χ0v) is 19.6. The summed E-state index contributed by atoms with van der Waals surface area (Å²) in [5, 5.41) is 9.53. The molecule has 2 rings (SSSR count). The summed E-state index contributed by atoms with van der Waals surface area (Å²) in [7, 11) is 1.78. The molecule has 0 aliphatic carbocycles. The van der Waals surface area contributed by atoms with E-state index in [4.69, 9.17) is 4.42 Å². The summed E-state index contributed by atoms with van der Waals surface area (Å²) >= 11 is 0. The quantitative estimate of drug-likeness (QED) is 0.208. The monoisotopic (exact) mass is 505 g/mol. The van der Waals surface area contributed by atoms with Crippen molar-refractivity contribution in [3.63, 3.8) is 0 Å². The Morgan fingerprint density at radius 2 is 1.71 bits per heavy atom. The summed E-state index contributed by atoms with van der Waals surface area (Å²) in [5.41, 5.74) is 0.857. The van der Waals surface area contributed by atoms with E-state index < -0.39 is 0 Å². The fraction of sp³-hybridized carbons (Fsp3) is 0.700. The number of amides is 1. The molecule has 1 aromatic heterocycles. The molecule has 1 aliphatic heterocycles. The van der Waals surface area contributed by atoms with Gasteiger partial charge in [0.05, 0.1) is 6.26 Å². The van der Waals surface area contributed by atoms with Crippen molar-refractivity contribution in [2.75, 3.05) is 46.3 Å². The van der Waals surface area contributed by atoms with E-state index in [1.165, 1.54) is 45.0 Å². The number of carbonyl (C=O) groups is 1. The van der Waals surface area contributed by atoms with Crippen molar-refractivity contribution in [3.8, 4) is 0 Å².